The standard InChI is InChI=1S/C40H44F6N4O5S/c1-4-10-32-38(55-28-23-33(56-24-28)40(44,45)46,16-9-20-50(32)35(52)34-30(39(41,42)43)14-8-19-48-34)36(53)49-21-17-37(25-47,18-22-49)29-13-5-6-15-31(29)54-27(3)12-7-11-26(2)51/h5-6,8,13-15,19,23-24,27,32,51H,2,4,7,9-12,16-18,20-22H2,1,3H3/t27-,32-,38+/m1/s1. The second kappa shape index (κ2) is 17.2. The Labute approximate surface area is 325 Å². The summed E-state index contributed by atoms with van der Waals surface area (Å²) in [5.74, 6) is -1.40. The van der Waals surface area contributed by atoms with E-state index < -0.39 is 57.4 Å². The maximum Gasteiger partial charge on any atom is 0.425 e. The van der Waals surface area contributed by atoms with Gasteiger partial charge in [0.2, 0.25) is 5.60 Å². The van der Waals surface area contributed by atoms with Crippen LogP contribution in [0.2, 0.25) is 0 Å². The SMILES string of the molecule is C=C(O)CCC[C@@H](C)Oc1ccccc1C1(C#N)CCN(C(=O)[C@]2(Oc3csc(C(F)(F)F)c3)CCCN(C(=O)c3ncccc3C(F)(F)F)[C@@H]2CCC)CC1. The van der Waals surface area contributed by atoms with E-state index in [1.807, 2.05) is 6.92 Å². The van der Waals surface area contributed by atoms with Gasteiger partial charge in [-0.05, 0) is 63.6 Å². The van der Waals surface area contributed by atoms with E-state index in [-0.39, 0.29) is 69.4 Å². The molecule has 1 N–H and O–H groups in total. The molecule has 4 heterocycles. The first kappa shape index (κ1) is 42.4. The molecule has 0 unspecified atom stereocenters. The fourth-order valence-corrected chi connectivity index (χ4v) is 8.39. The van der Waals surface area contributed by atoms with Gasteiger partial charge in [-0.25, -0.2) is 0 Å². The number of piperidine rings is 2. The molecular formula is C40H44F6N4O5S. The quantitative estimate of drug-likeness (QED) is 0.135. The van der Waals surface area contributed by atoms with Gasteiger partial charge in [-0.3, -0.25) is 14.6 Å². The van der Waals surface area contributed by atoms with Gasteiger partial charge in [0.15, 0.2) is 0 Å². The van der Waals surface area contributed by atoms with Gasteiger partial charge in [0.05, 0.1) is 35.0 Å². The van der Waals surface area contributed by atoms with Crippen LogP contribution in [0.3, 0.4) is 0 Å². The number of nitriles is 1. The molecule has 0 bridgehead atoms. The number of amides is 2. The minimum Gasteiger partial charge on any atom is -0.513 e. The lowest BCUT2D eigenvalue weighted by Gasteiger charge is -2.51. The number of thiophene rings is 1. The lowest BCUT2D eigenvalue weighted by Crippen LogP contribution is -2.68. The van der Waals surface area contributed by atoms with Crippen LogP contribution in [-0.4, -0.2) is 69.1 Å². The van der Waals surface area contributed by atoms with Crippen molar-refractivity contribution in [2.45, 2.75) is 107 Å². The molecular weight excluding hydrogens is 763 g/mol. The van der Waals surface area contributed by atoms with Crippen LogP contribution in [0.1, 0.15) is 98.1 Å². The van der Waals surface area contributed by atoms with Gasteiger partial charge in [0.1, 0.15) is 22.1 Å². The zero-order chi connectivity index (χ0) is 40.9. The molecule has 302 valence electrons. The van der Waals surface area contributed by atoms with E-state index in [1.165, 1.54) is 4.90 Å². The van der Waals surface area contributed by atoms with Gasteiger partial charge in [-0.1, -0.05) is 38.1 Å². The summed E-state index contributed by atoms with van der Waals surface area (Å²) >= 11 is 0.372. The number of pyridine rings is 1. The highest BCUT2D eigenvalue weighted by atomic mass is 32.1. The number of nitrogens with zero attached hydrogens (tertiary/aromatic N) is 4. The van der Waals surface area contributed by atoms with Crippen molar-refractivity contribution in [1.82, 2.24) is 14.8 Å². The van der Waals surface area contributed by atoms with Gasteiger partial charge >= 0.3 is 12.4 Å². The third-order valence-corrected chi connectivity index (χ3v) is 11.4. The van der Waals surface area contributed by atoms with E-state index in [4.69, 9.17) is 9.47 Å². The van der Waals surface area contributed by atoms with Crippen LogP contribution in [0.5, 0.6) is 11.5 Å². The first-order valence-electron chi connectivity index (χ1n) is 18.5. The molecule has 1 aromatic carbocycles. The molecule has 5 rings (SSSR count). The van der Waals surface area contributed by atoms with E-state index >= 15 is 4.79 Å². The van der Waals surface area contributed by atoms with Crippen LogP contribution in [0.15, 0.2) is 66.4 Å². The van der Waals surface area contributed by atoms with Gasteiger partial charge in [0.25, 0.3) is 11.8 Å². The van der Waals surface area contributed by atoms with Crippen molar-refractivity contribution in [3.05, 3.63) is 88.1 Å². The van der Waals surface area contributed by atoms with Crippen molar-refractivity contribution in [1.29, 1.82) is 5.26 Å². The summed E-state index contributed by atoms with van der Waals surface area (Å²) in [5.41, 5.74) is -4.55. The highest BCUT2D eigenvalue weighted by Gasteiger charge is 2.57. The largest absolute Gasteiger partial charge is 0.513 e. The normalized spacial score (nSPS) is 20.5. The number of hydrogen-bond acceptors (Lipinski definition) is 8. The van der Waals surface area contributed by atoms with Gasteiger partial charge in [0, 0.05) is 55.7 Å². The number of benzene rings is 1. The first-order chi connectivity index (χ1) is 26.5. The summed E-state index contributed by atoms with van der Waals surface area (Å²) in [6, 6.07) is 11.0. The molecule has 0 saturated carbocycles. The number of halogens is 6. The van der Waals surface area contributed by atoms with Crippen molar-refractivity contribution < 1.29 is 50.5 Å². The second-order valence-electron chi connectivity index (χ2n) is 14.3. The number of likely N-dealkylation sites (tertiary alicyclic amines) is 2. The molecule has 2 aliphatic rings. The minimum absolute atomic E-state index is 0.0305. The maximum absolute atomic E-state index is 15.0. The molecule has 2 aliphatic heterocycles. The molecule has 3 atom stereocenters. The van der Waals surface area contributed by atoms with Crippen molar-refractivity contribution in [3.63, 3.8) is 0 Å². The predicted octanol–water partition coefficient (Wildman–Crippen LogP) is 9.50. The van der Waals surface area contributed by atoms with Gasteiger partial charge < -0.3 is 24.4 Å². The number of allylic oxidation sites excluding steroid dienone is 1. The molecule has 2 amide bonds. The third-order valence-electron chi connectivity index (χ3n) is 10.4. The molecule has 16 heteroatoms. The van der Waals surface area contributed by atoms with Crippen molar-refractivity contribution in [2.24, 2.45) is 0 Å². The van der Waals surface area contributed by atoms with E-state index in [0.29, 0.717) is 48.3 Å². The second-order valence-corrected chi connectivity index (χ2v) is 15.2. The van der Waals surface area contributed by atoms with Gasteiger partial charge in [-0.15, -0.1) is 11.3 Å². The number of aromatic nitrogens is 1. The maximum atomic E-state index is 15.0. The fraction of sp³-hybridized carbons (Fsp3) is 0.500. The van der Waals surface area contributed by atoms with Crippen molar-refractivity contribution in [2.75, 3.05) is 19.6 Å². The van der Waals surface area contributed by atoms with Crippen LogP contribution in [-0.2, 0) is 22.6 Å². The van der Waals surface area contributed by atoms with Crippen LogP contribution in [0, 0.1) is 11.3 Å². The van der Waals surface area contributed by atoms with Crippen LogP contribution in [0.4, 0.5) is 26.3 Å². The summed E-state index contributed by atoms with van der Waals surface area (Å²) < 4.78 is 96.0. The summed E-state index contributed by atoms with van der Waals surface area (Å²) in [7, 11) is 0. The highest BCUT2D eigenvalue weighted by molar-refractivity contribution is 7.10. The summed E-state index contributed by atoms with van der Waals surface area (Å²) in [5, 5.41) is 21.2. The fourth-order valence-electron chi connectivity index (χ4n) is 7.71. The lowest BCUT2D eigenvalue weighted by molar-refractivity contribution is -0.160. The Hall–Kier alpha value is -4.78. The zero-order valence-corrected chi connectivity index (χ0v) is 31.9. The van der Waals surface area contributed by atoms with E-state index in [2.05, 4.69) is 17.6 Å². The summed E-state index contributed by atoms with van der Waals surface area (Å²) in [6.07, 6.45) is -6.34. The first-order valence-corrected chi connectivity index (χ1v) is 19.3. The Kier molecular flexibility index (Phi) is 13.0. The van der Waals surface area contributed by atoms with Crippen molar-refractivity contribution in [3.8, 4) is 17.6 Å². The summed E-state index contributed by atoms with van der Waals surface area (Å²) in [4.78, 5) is 34.5. The molecule has 2 saturated heterocycles. The predicted molar refractivity (Wildman–Crippen MR) is 196 cm³/mol. The lowest BCUT2D eigenvalue weighted by atomic mass is 9.72. The van der Waals surface area contributed by atoms with Gasteiger partial charge in [-0.2, -0.15) is 31.6 Å². The van der Waals surface area contributed by atoms with Crippen molar-refractivity contribution >= 4 is 23.2 Å². The highest BCUT2D eigenvalue weighted by Crippen LogP contribution is 2.45. The topological polar surface area (TPSA) is 116 Å². The van der Waals surface area contributed by atoms with Crippen LogP contribution >= 0.6 is 11.3 Å². The Bertz CT molecular complexity index is 1920. The monoisotopic (exact) mass is 806 g/mol. The molecule has 56 heavy (non-hydrogen) atoms. The van der Waals surface area contributed by atoms with E-state index in [9.17, 15) is 41.5 Å². The number of alkyl halides is 6. The Morgan fingerprint density at radius 1 is 1.09 bits per heavy atom. The molecule has 0 aliphatic carbocycles. The number of ether oxygens (including phenoxy) is 2. The zero-order valence-electron chi connectivity index (χ0n) is 31.1. The number of aliphatic hydroxyl groups is 1. The Morgan fingerprint density at radius 3 is 2.43 bits per heavy atom. The Morgan fingerprint density at radius 2 is 1.80 bits per heavy atom. The third kappa shape index (κ3) is 9.09. The number of carbonyl (C=O) groups excluding carboxylic acids is 2. The minimum atomic E-state index is -4.92. The van der Waals surface area contributed by atoms with Crippen LogP contribution < -0.4 is 9.47 Å². The number of para-hydroxylation sites is 1. The Balaban J connectivity index is 1.49. The molecule has 9 nitrogen and oxygen atoms in total. The number of rotatable bonds is 13. The average molecular weight is 807 g/mol. The number of aliphatic hydroxyl groups excluding tert-OH is 1. The molecule has 3 aromatic rings. The molecule has 2 fully saturated rings. The number of carbonyl (C=O) groups is 2. The summed E-state index contributed by atoms with van der Waals surface area (Å²) in [6.45, 7) is 7.16. The number of hydrogen-bond donors (Lipinski definition) is 1. The van der Waals surface area contributed by atoms with E-state index in [1.54, 1.807) is 31.2 Å². The molecule has 0 radical (unpaired) electrons. The smallest absolute Gasteiger partial charge is 0.425 e. The average Bonchev–Trinajstić information content (AvgIpc) is 3.64. The van der Waals surface area contributed by atoms with E-state index in [0.717, 1.165) is 34.7 Å². The molecule has 2 aromatic heterocycles. The molecule has 0 spiro atoms. The van der Waals surface area contributed by atoms with Crippen LogP contribution in [0.25, 0.3) is 0 Å².